The summed E-state index contributed by atoms with van der Waals surface area (Å²) >= 11 is 0. The lowest BCUT2D eigenvalue weighted by Crippen LogP contribution is -2.41. The first-order chi connectivity index (χ1) is 10.9. The summed E-state index contributed by atoms with van der Waals surface area (Å²) in [5.41, 5.74) is 2.99. The summed E-state index contributed by atoms with van der Waals surface area (Å²) in [4.78, 5) is 25.9. The molecule has 0 heterocycles. The Morgan fingerprint density at radius 3 is 2.48 bits per heavy atom. The molecule has 0 aliphatic rings. The van der Waals surface area contributed by atoms with Gasteiger partial charge in [-0.1, -0.05) is 51.8 Å². The number of anilines is 1. The molecule has 1 aromatic carbocycles. The van der Waals surface area contributed by atoms with Gasteiger partial charge in [0.2, 0.25) is 11.8 Å². The molecule has 0 aromatic heterocycles. The van der Waals surface area contributed by atoms with Crippen LogP contribution in [0, 0.1) is 6.92 Å². The molecule has 0 atom stereocenters. The topological polar surface area (TPSA) is 49.4 Å². The van der Waals surface area contributed by atoms with Gasteiger partial charge in [0, 0.05) is 13.5 Å². The Morgan fingerprint density at radius 1 is 1.22 bits per heavy atom. The van der Waals surface area contributed by atoms with E-state index in [1.54, 1.807) is 4.90 Å². The lowest BCUT2D eigenvalue weighted by atomic mass is 9.97. The Hall–Kier alpha value is -1.84. The van der Waals surface area contributed by atoms with Crippen LogP contribution in [0.3, 0.4) is 0 Å². The summed E-state index contributed by atoms with van der Waals surface area (Å²) in [5.74, 6) is 0.0820. The number of hydrogen-bond acceptors (Lipinski definition) is 2. The average molecular weight is 318 g/mol. The lowest BCUT2D eigenvalue weighted by molar-refractivity contribution is -0.123. The molecule has 0 fully saturated rings. The third-order valence-corrected chi connectivity index (χ3v) is 3.95. The van der Waals surface area contributed by atoms with Gasteiger partial charge in [0.1, 0.15) is 6.54 Å². The van der Waals surface area contributed by atoms with Crippen molar-refractivity contribution in [2.75, 3.05) is 18.0 Å². The van der Waals surface area contributed by atoms with E-state index in [9.17, 15) is 9.59 Å². The molecule has 0 aliphatic carbocycles. The van der Waals surface area contributed by atoms with Crippen LogP contribution < -0.4 is 10.2 Å². The molecule has 0 radical (unpaired) electrons. The SMILES string of the molecule is CCCCCNC(=O)CN(C(C)=O)c1c(C)cccc1C(C)C. The molecule has 1 rings (SSSR count). The maximum Gasteiger partial charge on any atom is 0.240 e. The van der Waals surface area contributed by atoms with E-state index in [4.69, 9.17) is 0 Å². The first kappa shape index (κ1) is 19.2. The second-order valence-electron chi connectivity index (χ2n) is 6.33. The van der Waals surface area contributed by atoms with Crippen LogP contribution in [0.15, 0.2) is 18.2 Å². The second kappa shape index (κ2) is 9.33. The zero-order valence-electron chi connectivity index (χ0n) is 15.1. The molecule has 128 valence electrons. The monoisotopic (exact) mass is 318 g/mol. The van der Waals surface area contributed by atoms with Gasteiger partial charge in [0.05, 0.1) is 5.69 Å². The zero-order chi connectivity index (χ0) is 17.4. The van der Waals surface area contributed by atoms with Gasteiger partial charge in [-0.3, -0.25) is 9.59 Å². The summed E-state index contributed by atoms with van der Waals surface area (Å²) in [6.45, 7) is 10.6. The van der Waals surface area contributed by atoms with Crippen LogP contribution in [0.25, 0.3) is 0 Å². The van der Waals surface area contributed by atoms with Gasteiger partial charge >= 0.3 is 0 Å². The van der Waals surface area contributed by atoms with Crippen LogP contribution in [-0.2, 0) is 9.59 Å². The first-order valence-electron chi connectivity index (χ1n) is 8.52. The van der Waals surface area contributed by atoms with Crippen molar-refractivity contribution in [1.82, 2.24) is 5.32 Å². The molecular formula is C19H30N2O2. The van der Waals surface area contributed by atoms with E-state index >= 15 is 0 Å². The largest absolute Gasteiger partial charge is 0.355 e. The number of amides is 2. The molecule has 0 bridgehead atoms. The molecule has 2 amide bonds. The highest BCUT2D eigenvalue weighted by atomic mass is 16.2. The van der Waals surface area contributed by atoms with Gasteiger partial charge in [0.15, 0.2) is 0 Å². The van der Waals surface area contributed by atoms with Crippen molar-refractivity contribution in [3.63, 3.8) is 0 Å². The maximum atomic E-state index is 12.2. The van der Waals surface area contributed by atoms with Crippen molar-refractivity contribution in [2.45, 2.75) is 59.8 Å². The summed E-state index contributed by atoms with van der Waals surface area (Å²) in [6.07, 6.45) is 3.20. The number of nitrogens with zero attached hydrogens (tertiary/aromatic N) is 1. The Morgan fingerprint density at radius 2 is 1.91 bits per heavy atom. The number of carbonyl (C=O) groups is 2. The number of carbonyl (C=O) groups excluding carboxylic acids is 2. The summed E-state index contributed by atoms with van der Waals surface area (Å²) in [5, 5.41) is 2.91. The second-order valence-corrected chi connectivity index (χ2v) is 6.33. The van der Waals surface area contributed by atoms with Gasteiger partial charge in [-0.15, -0.1) is 0 Å². The minimum absolute atomic E-state index is 0.0754. The number of benzene rings is 1. The van der Waals surface area contributed by atoms with Crippen LogP contribution in [0.4, 0.5) is 5.69 Å². The minimum atomic E-state index is -0.107. The number of nitrogens with one attached hydrogen (secondary N) is 1. The van der Waals surface area contributed by atoms with E-state index in [0.29, 0.717) is 12.5 Å². The molecule has 4 nitrogen and oxygen atoms in total. The highest BCUT2D eigenvalue weighted by Gasteiger charge is 2.21. The Balaban J connectivity index is 2.92. The molecule has 0 aliphatic heterocycles. The van der Waals surface area contributed by atoms with Crippen LogP contribution >= 0.6 is 0 Å². The van der Waals surface area contributed by atoms with Gasteiger partial charge in [-0.25, -0.2) is 0 Å². The highest BCUT2D eigenvalue weighted by molar-refractivity contribution is 5.98. The van der Waals surface area contributed by atoms with E-state index in [1.807, 2.05) is 25.1 Å². The van der Waals surface area contributed by atoms with E-state index < -0.39 is 0 Å². The third kappa shape index (κ3) is 5.70. The average Bonchev–Trinajstić information content (AvgIpc) is 2.49. The smallest absolute Gasteiger partial charge is 0.240 e. The summed E-state index contributed by atoms with van der Waals surface area (Å²) in [7, 11) is 0. The van der Waals surface area contributed by atoms with E-state index in [2.05, 4.69) is 26.1 Å². The summed E-state index contributed by atoms with van der Waals surface area (Å²) < 4.78 is 0. The summed E-state index contributed by atoms with van der Waals surface area (Å²) in [6, 6.07) is 6.01. The Labute approximate surface area is 140 Å². The molecule has 0 unspecified atom stereocenters. The van der Waals surface area contributed by atoms with Crippen molar-refractivity contribution in [2.24, 2.45) is 0 Å². The molecule has 4 heteroatoms. The van der Waals surface area contributed by atoms with Crippen LogP contribution in [0.2, 0.25) is 0 Å². The highest BCUT2D eigenvalue weighted by Crippen LogP contribution is 2.30. The van der Waals surface area contributed by atoms with E-state index in [-0.39, 0.29) is 18.4 Å². The maximum absolute atomic E-state index is 12.2. The molecule has 1 N–H and O–H groups in total. The Kier molecular flexibility index (Phi) is 7.79. The number of hydrogen-bond donors (Lipinski definition) is 1. The number of rotatable bonds is 8. The zero-order valence-corrected chi connectivity index (χ0v) is 15.1. The van der Waals surface area contributed by atoms with Gasteiger partial charge < -0.3 is 10.2 Å². The van der Waals surface area contributed by atoms with Crippen LogP contribution in [0.5, 0.6) is 0 Å². The van der Waals surface area contributed by atoms with Crippen LogP contribution in [-0.4, -0.2) is 24.9 Å². The van der Waals surface area contributed by atoms with Crippen molar-refractivity contribution >= 4 is 17.5 Å². The van der Waals surface area contributed by atoms with Crippen LogP contribution in [0.1, 0.15) is 64.0 Å². The molecule has 0 spiro atoms. The normalized spacial score (nSPS) is 10.7. The van der Waals surface area contributed by atoms with Crippen molar-refractivity contribution in [1.29, 1.82) is 0 Å². The first-order valence-corrected chi connectivity index (χ1v) is 8.52. The van der Waals surface area contributed by atoms with Gasteiger partial charge in [0.25, 0.3) is 0 Å². The number of aryl methyl sites for hydroxylation is 1. The molecule has 1 aromatic rings. The fourth-order valence-electron chi connectivity index (χ4n) is 2.67. The minimum Gasteiger partial charge on any atom is -0.355 e. The van der Waals surface area contributed by atoms with E-state index in [1.165, 1.54) is 6.92 Å². The fourth-order valence-corrected chi connectivity index (χ4v) is 2.67. The third-order valence-electron chi connectivity index (χ3n) is 3.95. The van der Waals surface area contributed by atoms with Crippen molar-refractivity contribution in [3.8, 4) is 0 Å². The van der Waals surface area contributed by atoms with Crippen molar-refractivity contribution < 1.29 is 9.59 Å². The van der Waals surface area contributed by atoms with Crippen molar-refractivity contribution in [3.05, 3.63) is 29.3 Å². The van der Waals surface area contributed by atoms with Gasteiger partial charge in [-0.2, -0.15) is 0 Å². The predicted octanol–water partition coefficient (Wildman–Crippen LogP) is 3.78. The number of unbranched alkanes of at least 4 members (excludes halogenated alkanes) is 2. The lowest BCUT2D eigenvalue weighted by Gasteiger charge is -2.27. The van der Waals surface area contributed by atoms with E-state index in [0.717, 1.165) is 36.1 Å². The molecule has 0 saturated heterocycles. The van der Waals surface area contributed by atoms with Gasteiger partial charge in [-0.05, 0) is 30.4 Å². The molecule has 0 saturated carbocycles. The quantitative estimate of drug-likeness (QED) is 0.742. The molecular weight excluding hydrogens is 288 g/mol. The Bertz CT molecular complexity index is 538. The molecule has 23 heavy (non-hydrogen) atoms. The fraction of sp³-hybridized carbons (Fsp3) is 0.579. The predicted molar refractivity (Wildman–Crippen MR) is 95.8 cm³/mol. The number of para-hydroxylation sites is 1. The standard InChI is InChI=1S/C19H30N2O2/c1-6-7-8-12-20-18(23)13-21(16(5)22)19-15(4)10-9-11-17(19)14(2)3/h9-11,14H,6-8,12-13H2,1-5H3,(H,20,23).